The van der Waals surface area contributed by atoms with Crippen molar-refractivity contribution < 1.29 is 4.74 Å². The SMILES string of the molecule is COC[C@@]12CN(Cc3[nH]c4ccccc4c3C)C[C@@H]1C(C)(C)C2. The summed E-state index contributed by atoms with van der Waals surface area (Å²) in [6.45, 7) is 11.4. The van der Waals surface area contributed by atoms with E-state index in [1.807, 2.05) is 7.11 Å². The second kappa shape index (κ2) is 5.09. The van der Waals surface area contributed by atoms with Crippen LogP contribution in [-0.2, 0) is 11.3 Å². The summed E-state index contributed by atoms with van der Waals surface area (Å²) in [5.74, 6) is 0.764. The topological polar surface area (TPSA) is 28.3 Å². The third kappa shape index (κ3) is 2.25. The number of para-hydroxylation sites is 1. The maximum Gasteiger partial charge on any atom is 0.0534 e. The second-order valence-corrected chi connectivity index (χ2v) is 8.46. The molecule has 1 saturated carbocycles. The maximum absolute atomic E-state index is 5.58. The van der Waals surface area contributed by atoms with Crippen LogP contribution in [-0.4, -0.2) is 36.7 Å². The fraction of sp³-hybridized carbons (Fsp3) is 0.600. The lowest BCUT2D eigenvalue weighted by Crippen LogP contribution is -2.55. The number of aromatic nitrogens is 1. The molecule has 1 aromatic carbocycles. The molecular weight excluding hydrogens is 284 g/mol. The van der Waals surface area contributed by atoms with Gasteiger partial charge in [-0.05, 0) is 36.3 Å². The predicted octanol–water partition coefficient (Wildman–Crippen LogP) is 3.97. The number of methoxy groups -OCH3 is 1. The molecule has 0 bridgehead atoms. The summed E-state index contributed by atoms with van der Waals surface area (Å²) < 4.78 is 5.58. The molecule has 1 aromatic heterocycles. The summed E-state index contributed by atoms with van der Waals surface area (Å²) in [7, 11) is 1.85. The molecule has 1 N–H and O–H groups in total. The van der Waals surface area contributed by atoms with Gasteiger partial charge >= 0.3 is 0 Å². The van der Waals surface area contributed by atoms with E-state index in [1.54, 1.807) is 0 Å². The molecule has 0 spiro atoms. The van der Waals surface area contributed by atoms with Crippen molar-refractivity contribution in [2.24, 2.45) is 16.7 Å². The minimum Gasteiger partial charge on any atom is -0.384 e. The summed E-state index contributed by atoms with van der Waals surface area (Å²) in [5, 5.41) is 1.36. The van der Waals surface area contributed by atoms with Gasteiger partial charge < -0.3 is 9.72 Å². The molecule has 23 heavy (non-hydrogen) atoms. The number of nitrogens with zero attached hydrogens (tertiary/aromatic N) is 1. The molecule has 2 fully saturated rings. The Labute approximate surface area is 139 Å². The zero-order chi connectivity index (χ0) is 16.2. The number of hydrogen-bond acceptors (Lipinski definition) is 2. The molecule has 0 unspecified atom stereocenters. The van der Waals surface area contributed by atoms with Gasteiger partial charge in [-0.25, -0.2) is 0 Å². The van der Waals surface area contributed by atoms with Crippen LogP contribution in [0.3, 0.4) is 0 Å². The summed E-state index contributed by atoms with van der Waals surface area (Å²) in [4.78, 5) is 6.27. The highest BCUT2D eigenvalue weighted by Crippen LogP contribution is 2.62. The molecule has 1 aliphatic carbocycles. The van der Waals surface area contributed by atoms with Gasteiger partial charge in [-0.2, -0.15) is 0 Å². The molecule has 3 nitrogen and oxygen atoms in total. The van der Waals surface area contributed by atoms with E-state index in [0.29, 0.717) is 10.8 Å². The summed E-state index contributed by atoms with van der Waals surface area (Å²) in [6.07, 6.45) is 1.29. The Morgan fingerprint density at radius 3 is 2.78 bits per heavy atom. The third-order valence-corrected chi connectivity index (χ3v) is 6.35. The molecule has 3 heteroatoms. The van der Waals surface area contributed by atoms with Gasteiger partial charge in [0, 0.05) is 48.8 Å². The van der Waals surface area contributed by atoms with Crippen molar-refractivity contribution in [2.45, 2.75) is 33.7 Å². The van der Waals surface area contributed by atoms with Gasteiger partial charge in [0.15, 0.2) is 0 Å². The average molecular weight is 312 g/mol. The highest BCUT2D eigenvalue weighted by molar-refractivity contribution is 5.84. The van der Waals surface area contributed by atoms with Gasteiger partial charge in [0.25, 0.3) is 0 Å². The fourth-order valence-corrected chi connectivity index (χ4v) is 5.55. The Morgan fingerprint density at radius 1 is 1.30 bits per heavy atom. The van der Waals surface area contributed by atoms with Crippen LogP contribution in [0.4, 0.5) is 0 Å². The van der Waals surface area contributed by atoms with E-state index in [0.717, 1.165) is 19.1 Å². The van der Waals surface area contributed by atoms with Crippen LogP contribution in [0.1, 0.15) is 31.5 Å². The zero-order valence-corrected chi connectivity index (χ0v) is 14.8. The number of aryl methyl sites for hydroxylation is 1. The average Bonchev–Trinajstić information content (AvgIpc) is 2.97. The van der Waals surface area contributed by atoms with E-state index in [1.165, 1.54) is 41.7 Å². The van der Waals surface area contributed by atoms with Crippen LogP contribution in [0.5, 0.6) is 0 Å². The number of ether oxygens (including phenoxy) is 1. The molecule has 4 rings (SSSR count). The van der Waals surface area contributed by atoms with Gasteiger partial charge in [0.05, 0.1) is 6.61 Å². The van der Waals surface area contributed by atoms with Crippen molar-refractivity contribution in [3.63, 3.8) is 0 Å². The number of H-pyrrole nitrogens is 1. The first-order valence-electron chi connectivity index (χ1n) is 8.73. The molecule has 1 aliphatic heterocycles. The first-order chi connectivity index (χ1) is 11.0. The largest absolute Gasteiger partial charge is 0.384 e. The lowest BCUT2D eigenvalue weighted by molar-refractivity contribution is -0.107. The quantitative estimate of drug-likeness (QED) is 0.925. The summed E-state index contributed by atoms with van der Waals surface area (Å²) in [5.41, 5.74) is 4.88. The number of nitrogens with one attached hydrogen (secondary N) is 1. The van der Waals surface area contributed by atoms with Gasteiger partial charge in [-0.15, -0.1) is 0 Å². The van der Waals surface area contributed by atoms with Crippen molar-refractivity contribution in [1.29, 1.82) is 0 Å². The number of aromatic amines is 1. The Bertz CT molecular complexity index is 732. The van der Waals surface area contributed by atoms with Crippen LogP contribution in [0.15, 0.2) is 24.3 Å². The minimum absolute atomic E-state index is 0.387. The number of hydrogen-bond donors (Lipinski definition) is 1. The molecule has 2 aromatic rings. The van der Waals surface area contributed by atoms with Gasteiger partial charge in [-0.1, -0.05) is 32.0 Å². The molecule has 0 radical (unpaired) electrons. The lowest BCUT2D eigenvalue weighted by atomic mass is 9.48. The van der Waals surface area contributed by atoms with Gasteiger partial charge in [-0.3, -0.25) is 4.90 Å². The van der Waals surface area contributed by atoms with Gasteiger partial charge in [0.1, 0.15) is 0 Å². The predicted molar refractivity (Wildman–Crippen MR) is 94.5 cm³/mol. The van der Waals surface area contributed by atoms with Crippen molar-refractivity contribution >= 4 is 10.9 Å². The first-order valence-corrected chi connectivity index (χ1v) is 8.73. The molecule has 0 amide bonds. The monoisotopic (exact) mass is 312 g/mol. The Balaban J connectivity index is 1.57. The van der Waals surface area contributed by atoms with E-state index >= 15 is 0 Å². The fourth-order valence-electron chi connectivity index (χ4n) is 5.55. The second-order valence-electron chi connectivity index (χ2n) is 8.46. The van der Waals surface area contributed by atoms with Crippen LogP contribution in [0.25, 0.3) is 10.9 Å². The molecule has 2 atom stereocenters. The standard InChI is InChI=1S/C20H28N2O/c1-14-15-7-5-6-8-16(15)21-17(14)9-22-10-18-19(2,3)11-20(18,12-22)13-23-4/h5-8,18,21H,9-13H2,1-4H3/t18-,20-/m1/s1. The highest BCUT2D eigenvalue weighted by atomic mass is 16.5. The zero-order valence-electron chi connectivity index (χ0n) is 14.8. The molecule has 2 heterocycles. The van der Waals surface area contributed by atoms with Crippen molar-refractivity contribution in [3.05, 3.63) is 35.5 Å². The lowest BCUT2D eigenvalue weighted by Gasteiger charge is -2.56. The van der Waals surface area contributed by atoms with E-state index < -0.39 is 0 Å². The first kappa shape index (κ1) is 15.2. The number of benzene rings is 1. The van der Waals surface area contributed by atoms with Crippen LogP contribution < -0.4 is 0 Å². The number of likely N-dealkylation sites (tertiary alicyclic amines) is 1. The van der Waals surface area contributed by atoms with Gasteiger partial charge in [0.2, 0.25) is 0 Å². The Morgan fingerprint density at radius 2 is 2.09 bits per heavy atom. The normalized spacial score (nSPS) is 29.7. The Hall–Kier alpha value is -1.32. The summed E-state index contributed by atoms with van der Waals surface area (Å²) in [6, 6.07) is 8.62. The molecule has 124 valence electrons. The van der Waals surface area contributed by atoms with Crippen LogP contribution in [0.2, 0.25) is 0 Å². The maximum atomic E-state index is 5.58. The van der Waals surface area contributed by atoms with Crippen LogP contribution in [0, 0.1) is 23.7 Å². The van der Waals surface area contributed by atoms with E-state index in [9.17, 15) is 0 Å². The van der Waals surface area contributed by atoms with E-state index in [-0.39, 0.29) is 0 Å². The van der Waals surface area contributed by atoms with Crippen LogP contribution >= 0.6 is 0 Å². The number of rotatable bonds is 4. The van der Waals surface area contributed by atoms with E-state index in [2.05, 4.69) is 54.9 Å². The molecular formula is C20H28N2O. The third-order valence-electron chi connectivity index (χ3n) is 6.35. The summed E-state index contributed by atoms with van der Waals surface area (Å²) >= 11 is 0. The molecule has 2 aliphatic rings. The highest BCUT2D eigenvalue weighted by Gasteiger charge is 2.62. The smallest absolute Gasteiger partial charge is 0.0534 e. The minimum atomic E-state index is 0.387. The number of fused-ring (bicyclic) bond motifs is 2. The van der Waals surface area contributed by atoms with E-state index in [4.69, 9.17) is 4.74 Å². The van der Waals surface area contributed by atoms with Crippen molar-refractivity contribution in [2.75, 3.05) is 26.8 Å². The van der Waals surface area contributed by atoms with Crippen molar-refractivity contribution in [3.8, 4) is 0 Å². The molecule has 1 saturated heterocycles. The van der Waals surface area contributed by atoms with Crippen molar-refractivity contribution in [1.82, 2.24) is 9.88 Å². The Kier molecular flexibility index (Phi) is 3.37.